The molecule has 0 aromatic heterocycles. The van der Waals surface area contributed by atoms with E-state index in [1.807, 2.05) is 29.2 Å². The van der Waals surface area contributed by atoms with E-state index in [0.29, 0.717) is 18.5 Å². The normalized spacial score (nSPS) is 17.8. The SMILES string of the molecule is CN(CC(=O)N1CCC(/C=C/c2ccc(Cl)cc2)CC1)C1CCOCC1.O=C(O)C(=O)O. The molecule has 0 atom stereocenters. The Hall–Kier alpha value is -2.42. The van der Waals surface area contributed by atoms with Gasteiger partial charge in [-0.25, -0.2) is 9.59 Å². The van der Waals surface area contributed by atoms with Crippen molar-refractivity contribution < 1.29 is 29.3 Å². The van der Waals surface area contributed by atoms with Crippen LogP contribution in [0, 0.1) is 5.92 Å². The number of likely N-dealkylation sites (tertiary alicyclic amines) is 1. The smallest absolute Gasteiger partial charge is 0.414 e. The maximum atomic E-state index is 12.6. The summed E-state index contributed by atoms with van der Waals surface area (Å²) in [5.74, 6) is -2.84. The summed E-state index contributed by atoms with van der Waals surface area (Å²) >= 11 is 5.92. The number of hydrogen-bond acceptors (Lipinski definition) is 5. The molecule has 32 heavy (non-hydrogen) atoms. The van der Waals surface area contributed by atoms with Crippen molar-refractivity contribution in [3.63, 3.8) is 0 Å². The number of allylic oxidation sites excluding steroid dienone is 1. The molecule has 9 heteroatoms. The number of nitrogens with zero attached hydrogens (tertiary/aromatic N) is 2. The highest BCUT2D eigenvalue weighted by Crippen LogP contribution is 2.21. The van der Waals surface area contributed by atoms with Crippen molar-refractivity contribution >= 4 is 35.5 Å². The standard InChI is InChI=1S/C21H29ClN2O2.C2H2O4/c1-23(20-10-14-26-15-11-20)16-21(25)24-12-8-18(9-13-24)3-2-17-4-6-19(22)7-5-17;3-1(4)2(5)6/h2-7,18,20H,8-16H2,1H3;(H,3,4)(H,5,6)/b3-2+;. The van der Waals surface area contributed by atoms with Crippen molar-refractivity contribution in [3.8, 4) is 0 Å². The zero-order valence-corrected chi connectivity index (χ0v) is 19.0. The predicted octanol–water partition coefficient (Wildman–Crippen LogP) is 2.86. The molecule has 0 aliphatic carbocycles. The Kier molecular flexibility index (Phi) is 10.7. The zero-order chi connectivity index (χ0) is 23.5. The third-order valence-corrected chi connectivity index (χ3v) is 5.96. The summed E-state index contributed by atoms with van der Waals surface area (Å²) in [4.78, 5) is 35.0. The van der Waals surface area contributed by atoms with Crippen LogP contribution >= 0.6 is 11.6 Å². The van der Waals surface area contributed by atoms with Crippen molar-refractivity contribution in [2.24, 2.45) is 5.92 Å². The fourth-order valence-corrected chi connectivity index (χ4v) is 3.86. The molecule has 1 aromatic carbocycles. The molecule has 8 nitrogen and oxygen atoms in total. The Balaban J connectivity index is 0.000000534. The number of hydrogen-bond donors (Lipinski definition) is 2. The zero-order valence-electron chi connectivity index (χ0n) is 18.3. The van der Waals surface area contributed by atoms with Crippen LogP contribution in [0.3, 0.4) is 0 Å². The number of piperidine rings is 1. The van der Waals surface area contributed by atoms with Gasteiger partial charge in [-0.05, 0) is 56.3 Å². The number of carboxylic acids is 2. The van der Waals surface area contributed by atoms with Gasteiger partial charge in [-0.3, -0.25) is 9.69 Å². The minimum atomic E-state index is -1.82. The van der Waals surface area contributed by atoms with Gasteiger partial charge in [0.15, 0.2) is 0 Å². The third-order valence-electron chi connectivity index (χ3n) is 5.70. The number of ether oxygens (including phenoxy) is 1. The Bertz CT molecular complexity index is 772. The molecule has 2 fully saturated rings. The second-order valence-electron chi connectivity index (χ2n) is 8.00. The number of rotatable bonds is 5. The van der Waals surface area contributed by atoms with Crippen molar-refractivity contribution in [3.05, 3.63) is 40.9 Å². The lowest BCUT2D eigenvalue weighted by atomic mass is 9.95. The first-order chi connectivity index (χ1) is 15.3. The molecule has 2 heterocycles. The first-order valence-electron chi connectivity index (χ1n) is 10.7. The molecule has 0 saturated carbocycles. The van der Waals surface area contributed by atoms with Crippen LogP contribution < -0.4 is 0 Å². The van der Waals surface area contributed by atoms with Gasteiger partial charge in [0, 0.05) is 37.4 Å². The van der Waals surface area contributed by atoms with E-state index in [9.17, 15) is 4.79 Å². The van der Waals surface area contributed by atoms with E-state index in [-0.39, 0.29) is 5.91 Å². The van der Waals surface area contributed by atoms with Gasteiger partial charge in [0.1, 0.15) is 0 Å². The Morgan fingerprint density at radius 3 is 2.16 bits per heavy atom. The van der Waals surface area contributed by atoms with E-state index in [1.165, 1.54) is 5.56 Å². The fraction of sp³-hybridized carbons (Fsp3) is 0.522. The van der Waals surface area contributed by atoms with Crippen molar-refractivity contribution in [2.75, 3.05) is 39.9 Å². The lowest BCUT2D eigenvalue weighted by Gasteiger charge is -2.35. The van der Waals surface area contributed by atoms with Gasteiger partial charge in [0.2, 0.25) is 5.91 Å². The van der Waals surface area contributed by atoms with Crippen molar-refractivity contribution in [1.82, 2.24) is 9.80 Å². The van der Waals surface area contributed by atoms with Gasteiger partial charge in [-0.2, -0.15) is 0 Å². The summed E-state index contributed by atoms with van der Waals surface area (Å²) in [5, 5.41) is 15.5. The average Bonchev–Trinajstić information content (AvgIpc) is 2.80. The highest BCUT2D eigenvalue weighted by atomic mass is 35.5. The van der Waals surface area contributed by atoms with E-state index in [4.69, 9.17) is 36.1 Å². The quantitative estimate of drug-likeness (QED) is 0.642. The lowest BCUT2D eigenvalue weighted by molar-refractivity contribution is -0.159. The number of likely N-dealkylation sites (N-methyl/N-ethyl adjacent to an activating group) is 1. The molecule has 0 bridgehead atoms. The number of carboxylic acid groups (broad SMARTS) is 2. The molecule has 176 valence electrons. The average molecular weight is 467 g/mol. The highest BCUT2D eigenvalue weighted by molar-refractivity contribution is 6.30. The van der Waals surface area contributed by atoms with E-state index < -0.39 is 11.9 Å². The maximum Gasteiger partial charge on any atom is 0.414 e. The van der Waals surface area contributed by atoms with Crippen LogP contribution in [-0.2, 0) is 19.1 Å². The van der Waals surface area contributed by atoms with Gasteiger partial charge in [-0.1, -0.05) is 35.9 Å². The molecule has 2 N–H and O–H groups in total. The van der Waals surface area contributed by atoms with E-state index in [1.54, 1.807) is 0 Å². The monoisotopic (exact) mass is 466 g/mol. The third kappa shape index (κ3) is 8.98. The summed E-state index contributed by atoms with van der Waals surface area (Å²) < 4.78 is 5.41. The van der Waals surface area contributed by atoms with Crippen molar-refractivity contribution in [1.29, 1.82) is 0 Å². The van der Waals surface area contributed by atoms with Crippen LogP contribution in [0.25, 0.3) is 6.08 Å². The van der Waals surface area contributed by atoms with Crippen molar-refractivity contribution in [2.45, 2.75) is 31.7 Å². The van der Waals surface area contributed by atoms with Crippen LogP contribution in [0.1, 0.15) is 31.2 Å². The summed E-state index contributed by atoms with van der Waals surface area (Å²) in [6.07, 6.45) is 8.58. The number of aliphatic carboxylic acids is 2. The van der Waals surface area contributed by atoms with Gasteiger partial charge in [0.25, 0.3) is 0 Å². The summed E-state index contributed by atoms with van der Waals surface area (Å²) in [6, 6.07) is 8.37. The van der Waals surface area contributed by atoms with Crippen LogP contribution in [0.4, 0.5) is 0 Å². The molecule has 1 aromatic rings. The number of carbonyl (C=O) groups excluding carboxylic acids is 1. The molecular formula is C23H31ClN2O6. The Labute approximate surface area is 193 Å². The van der Waals surface area contributed by atoms with Gasteiger partial charge >= 0.3 is 11.9 Å². The Morgan fingerprint density at radius 2 is 1.62 bits per heavy atom. The number of carbonyl (C=O) groups is 3. The second kappa shape index (κ2) is 13.2. The van der Waals surface area contributed by atoms with E-state index >= 15 is 0 Å². The minimum absolute atomic E-state index is 0.263. The van der Waals surface area contributed by atoms with Crippen LogP contribution in [0.2, 0.25) is 5.02 Å². The number of benzene rings is 1. The number of halogens is 1. The minimum Gasteiger partial charge on any atom is -0.473 e. The van der Waals surface area contributed by atoms with Gasteiger partial charge < -0.3 is 19.8 Å². The largest absolute Gasteiger partial charge is 0.473 e. The van der Waals surface area contributed by atoms with Gasteiger partial charge in [0.05, 0.1) is 6.54 Å². The van der Waals surface area contributed by atoms with Crippen LogP contribution in [0.15, 0.2) is 30.3 Å². The van der Waals surface area contributed by atoms with E-state index in [0.717, 1.165) is 57.0 Å². The van der Waals surface area contributed by atoms with E-state index in [2.05, 4.69) is 24.1 Å². The number of amides is 1. The highest BCUT2D eigenvalue weighted by Gasteiger charge is 2.25. The summed E-state index contributed by atoms with van der Waals surface area (Å²) in [6.45, 7) is 3.87. The predicted molar refractivity (Wildman–Crippen MR) is 122 cm³/mol. The molecule has 0 radical (unpaired) electrons. The summed E-state index contributed by atoms with van der Waals surface area (Å²) in [7, 11) is 2.06. The molecule has 2 aliphatic heterocycles. The molecular weight excluding hydrogens is 436 g/mol. The lowest BCUT2D eigenvalue weighted by Crippen LogP contribution is -2.46. The Morgan fingerprint density at radius 1 is 1.06 bits per heavy atom. The maximum absolute atomic E-state index is 12.6. The molecule has 2 aliphatic rings. The fourth-order valence-electron chi connectivity index (χ4n) is 3.73. The molecule has 3 rings (SSSR count). The first kappa shape index (κ1) is 25.8. The molecule has 2 saturated heterocycles. The molecule has 0 unspecified atom stereocenters. The second-order valence-corrected chi connectivity index (χ2v) is 8.43. The van der Waals surface area contributed by atoms with Crippen LogP contribution in [-0.4, -0.2) is 83.8 Å². The van der Waals surface area contributed by atoms with Gasteiger partial charge in [-0.15, -0.1) is 0 Å². The first-order valence-corrected chi connectivity index (χ1v) is 11.1. The summed E-state index contributed by atoms with van der Waals surface area (Å²) in [5.41, 5.74) is 1.17. The van der Waals surface area contributed by atoms with Crippen LogP contribution in [0.5, 0.6) is 0 Å². The topological polar surface area (TPSA) is 107 Å². The molecule has 1 amide bonds. The molecule has 0 spiro atoms.